The molecule has 1 aliphatic rings. The van der Waals surface area contributed by atoms with E-state index in [0.717, 1.165) is 0 Å². The molecule has 0 atom stereocenters. The number of para-hydroxylation sites is 1. The normalized spacial score (nSPS) is 14.3. The minimum atomic E-state index is -4.90. The topological polar surface area (TPSA) is 97.7 Å². The number of hydrogen-bond donors (Lipinski definition) is 2. The maximum Gasteiger partial charge on any atom is 0.586 e. The van der Waals surface area contributed by atoms with Crippen LogP contribution in [0.2, 0.25) is 0 Å². The Kier molecular flexibility index (Phi) is 4.83. The summed E-state index contributed by atoms with van der Waals surface area (Å²) < 4.78 is 77.4. The number of benzene rings is 2. The van der Waals surface area contributed by atoms with E-state index in [9.17, 15) is 31.5 Å². The molecule has 2 aromatic carbocycles. The van der Waals surface area contributed by atoms with Crippen LogP contribution in [0.15, 0.2) is 53.3 Å². The van der Waals surface area contributed by atoms with E-state index in [1.165, 1.54) is 49.4 Å². The first-order valence-electron chi connectivity index (χ1n) is 9.95. The highest BCUT2D eigenvalue weighted by molar-refractivity contribution is 6.06. The summed E-state index contributed by atoms with van der Waals surface area (Å²) in [5.41, 5.74) is -3.81. The number of ether oxygens (including phenoxy) is 2. The monoisotopic (exact) mass is 492 g/mol. The van der Waals surface area contributed by atoms with Crippen molar-refractivity contribution in [1.29, 1.82) is 0 Å². The molecule has 5 rings (SSSR count). The fourth-order valence-electron chi connectivity index (χ4n) is 3.78. The standard InChI is InChI=1S/C22H13F5N4O4/c1-10-14(19(32)29-12-8-5-9-13-16(12)35-22(26,27)34-13)20(33)31-18(28-10)15(11-6-3-2-4-7-11)17(30-31)21(23,24)25/h2-9,28H,1H3,(H,29,32). The molecule has 180 valence electrons. The lowest BCUT2D eigenvalue weighted by molar-refractivity contribution is -0.286. The number of aromatic nitrogens is 3. The van der Waals surface area contributed by atoms with Crippen molar-refractivity contribution in [2.75, 3.05) is 5.32 Å². The molecule has 2 N–H and O–H groups in total. The third kappa shape index (κ3) is 3.74. The summed E-state index contributed by atoms with van der Waals surface area (Å²) in [7, 11) is 0. The van der Waals surface area contributed by atoms with E-state index in [1.54, 1.807) is 6.07 Å². The van der Waals surface area contributed by atoms with Crippen LogP contribution in [0, 0.1) is 6.92 Å². The number of hydrogen-bond acceptors (Lipinski definition) is 5. The zero-order valence-electron chi connectivity index (χ0n) is 17.5. The lowest BCUT2D eigenvalue weighted by Gasteiger charge is -2.10. The lowest BCUT2D eigenvalue weighted by Crippen LogP contribution is -2.29. The summed E-state index contributed by atoms with van der Waals surface area (Å²) >= 11 is 0. The van der Waals surface area contributed by atoms with Gasteiger partial charge in [0.15, 0.2) is 17.2 Å². The highest BCUT2D eigenvalue weighted by atomic mass is 19.4. The van der Waals surface area contributed by atoms with Gasteiger partial charge in [0.25, 0.3) is 11.5 Å². The number of fused-ring (bicyclic) bond motifs is 2. The van der Waals surface area contributed by atoms with Gasteiger partial charge in [-0.1, -0.05) is 36.4 Å². The number of nitrogens with one attached hydrogen (secondary N) is 2. The summed E-state index contributed by atoms with van der Waals surface area (Å²) in [6.45, 7) is 1.31. The summed E-state index contributed by atoms with van der Waals surface area (Å²) in [6, 6.07) is 11.2. The Labute approximate surface area is 191 Å². The van der Waals surface area contributed by atoms with Gasteiger partial charge in [-0.2, -0.15) is 22.8 Å². The molecule has 1 amide bonds. The second-order valence-corrected chi connectivity index (χ2v) is 7.53. The number of carbonyl (C=O) groups is 1. The maximum atomic E-state index is 13.8. The number of carbonyl (C=O) groups excluding carboxylic acids is 1. The Bertz CT molecular complexity index is 1540. The number of alkyl halides is 5. The first-order valence-corrected chi connectivity index (χ1v) is 9.95. The number of amides is 1. The van der Waals surface area contributed by atoms with E-state index in [0.29, 0.717) is 4.52 Å². The molecule has 35 heavy (non-hydrogen) atoms. The second kappa shape index (κ2) is 7.55. The average molecular weight is 492 g/mol. The Morgan fingerprint density at radius 3 is 2.49 bits per heavy atom. The number of nitrogens with zero attached hydrogens (tertiary/aromatic N) is 2. The van der Waals surface area contributed by atoms with E-state index < -0.39 is 40.9 Å². The number of anilines is 1. The fourth-order valence-corrected chi connectivity index (χ4v) is 3.78. The summed E-state index contributed by atoms with van der Waals surface area (Å²) in [5.74, 6) is -1.89. The molecule has 3 heterocycles. The molecule has 13 heteroatoms. The van der Waals surface area contributed by atoms with Gasteiger partial charge >= 0.3 is 12.5 Å². The van der Waals surface area contributed by atoms with E-state index in [4.69, 9.17) is 0 Å². The van der Waals surface area contributed by atoms with Crippen molar-refractivity contribution in [2.45, 2.75) is 19.4 Å². The third-order valence-electron chi connectivity index (χ3n) is 5.21. The Morgan fingerprint density at radius 2 is 1.80 bits per heavy atom. The molecule has 0 radical (unpaired) electrons. The minimum Gasteiger partial charge on any atom is -0.395 e. The van der Waals surface area contributed by atoms with Crippen molar-refractivity contribution in [3.8, 4) is 22.6 Å². The van der Waals surface area contributed by atoms with Crippen LogP contribution in [0.1, 0.15) is 21.7 Å². The van der Waals surface area contributed by atoms with Crippen LogP contribution >= 0.6 is 0 Å². The van der Waals surface area contributed by atoms with E-state index in [2.05, 4.69) is 24.9 Å². The summed E-state index contributed by atoms with van der Waals surface area (Å²) in [5, 5.41) is 5.72. The van der Waals surface area contributed by atoms with Gasteiger partial charge in [0.1, 0.15) is 11.2 Å². The Hall–Kier alpha value is -4.42. The van der Waals surface area contributed by atoms with Crippen molar-refractivity contribution in [1.82, 2.24) is 14.6 Å². The molecule has 0 unspecified atom stereocenters. The van der Waals surface area contributed by atoms with Crippen molar-refractivity contribution < 1.29 is 36.2 Å². The van der Waals surface area contributed by atoms with Gasteiger partial charge in [-0.05, 0) is 24.6 Å². The molecule has 0 saturated carbocycles. The van der Waals surface area contributed by atoms with Crippen molar-refractivity contribution in [3.05, 3.63) is 75.8 Å². The Balaban J connectivity index is 1.63. The van der Waals surface area contributed by atoms with Crippen LogP contribution in [0.4, 0.5) is 27.6 Å². The molecule has 1 aliphatic heterocycles. The van der Waals surface area contributed by atoms with Crippen molar-refractivity contribution >= 4 is 17.2 Å². The predicted octanol–water partition coefficient (Wildman–Crippen LogP) is 4.59. The van der Waals surface area contributed by atoms with E-state index in [-0.39, 0.29) is 33.9 Å². The van der Waals surface area contributed by atoms with Gasteiger partial charge in [0.05, 0.1) is 11.3 Å². The van der Waals surface area contributed by atoms with Crippen LogP contribution in [0.3, 0.4) is 0 Å². The lowest BCUT2D eigenvalue weighted by atomic mass is 10.1. The zero-order chi connectivity index (χ0) is 25.1. The van der Waals surface area contributed by atoms with Gasteiger partial charge in [-0.15, -0.1) is 8.78 Å². The smallest absolute Gasteiger partial charge is 0.395 e. The van der Waals surface area contributed by atoms with E-state index >= 15 is 0 Å². The van der Waals surface area contributed by atoms with Crippen molar-refractivity contribution in [3.63, 3.8) is 0 Å². The SMILES string of the molecule is Cc1[nH]c2c(-c3ccccc3)c(C(F)(F)F)nn2c(=O)c1C(=O)Nc1cccc2c1OC(F)(F)O2. The summed E-state index contributed by atoms with van der Waals surface area (Å²) in [4.78, 5) is 28.7. The van der Waals surface area contributed by atoms with Crippen LogP contribution in [-0.2, 0) is 6.18 Å². The zero-order valence-corrected chi connectivity index (χ0v) is 17.5. The number of H-pyrrole nitrogens is 1. The van der Waals surface area contributed by atoms with Gasteiger partial charge in [-0.25, -0.2) is 0 Å². The molecule has 0 spiro atoms. The first kappa shape index (κ1) is 22.4. The van der Waals surface area contributed by atoms with Crippen LogP contribution < -0.4 is 20.3 Å². The maximum absolute atomic E-state index is 13.8. The van der Waals surface area contributed by atoms with Crippen molar-refractivity contribution in [2.24, 2.45) is 0 Å². The molecular formula is C22H13F5N4O4. The average Bonchev–Trinajstić information content (AvgIpc) is 3.31. The highest BCUT2D eigenvalue weighted by Gasteiger charge is 2.45. The molecule has 4 aromatic rings. The number of rotatable bonds is 3. The molecule has 0 bridgehead atoms. The number of halogens is 5. The molecule has 0 aliphatic carbocycles. The van der Waals surface area contributed by atoms with Gasteiger partial charge in [-0.3, -0.25) is 9.59 Å². The highest BCUT2D eigenvalue weighted by Crippen LogP contribution is 2.45. The third-order valence-corrected chi connectivity index (χ3v) is 5.21. The van der Waals surface area contributed by atoms with Gasteiger partial charge in [0.2, 0.25) is 0 Å². The predicted molar refractivity (Wildman–Crippen MR) is 112 cm³/mol. The molecule has 8 nitrogen and oxygen atoms in total. The first-order chi connectivity index (χ1) is 16.5. The largest absolute Gasteiger partial charge is 0.586 e. The van der Waals surface area contributed by atoms with Gasteiger partial charge in [0, 0.05) is 5.69 Å². The van der Waals surface area contributed by atoms with E-state index in [1.807, 2.05) is 0 Å². The minimum absolute atomic E-state index is 0.0686. The van der Waals surface area contributed by atoms with Crippen LogP contribution in [0.25, 0.3) is 16.8 Å². The number of aromatic amines is 1. The van der Waals surface area contributed by atoms with Crippen LogP contribution in [-0.4, -0.2) is 26.8 Å². The quantitative estimate of drug-likeness (QED) is 0.408. The second-order valence-electron chi connectivity index (χ2n) is 7.53. The molecule has 0 saturated heterocycles. The molecular weight excluding hydrogens is 479 g/mol. The summed E-state index contributed by atoms with van der Waals surface area (Å²) in [6.07, 6.45) is -8.85. The molecule has 2 aromatic heterocycles. The van der Waals surface area contributed by atoms with Crippen LogP contribution in [0.5, 0.6) is 11.5 Å². The fraction of sp³-hybridized carbons (Fsp3) is 0.136. The molecule has 0 fully saturated rings. The number of aryl methyl sites for hydroxylation is 1. The Morgan fingerprint density at radius 1 is 1.09 bits per heavy atom. The van der Waals surface area contributed by atoms with Gasteiger partial charge < -0.3 is 19.8 Å².